The van der Waals surface area contributed by atoms with Crippen LogP contribution in [-0.2, 0) is 9.47 Å². The summed E-state index contributed by atoms with van der Waals surface area (Å²) in [5, 5.41) is 0. The number of hydrogen-bond donors (Lipinski definition) is 0. The van der Waals surface area contributed by atoms with Crippen molar-refractivity contribution in [3.8, 4) is 0 Å². The summed E-state index contributed by atoms with van der Waals surface area (Å²) < 4.78 is 243. The van der Waals surface area contributed by atoms with Crippen LogP contribution < -0.4 is 0 Å². The van der Waals surface area contributed by atoms with E-state index in [0.29, 0.717) is 0 Å². The van der Waals surface area contributed by atoms with E-state index >= 15 is 0 Å². The Kier molecular flexibility index (Phi) is 6.37. The van der Waals surface area contributed by atoms with Gasteiger partial charge >= 0.3 is 48.3 Å². The van der Waals surface area contributed by atoms with Crippen LogP contribution in [0.15, 0.2) is 11.7 Å². The molecule has 0 aliphatic carbocycles. The third kappa shape index (κ3) is 3.55. The summed E-state index contributed by atoms with van der Waals surface area (Å²) >= 11 is 0. The fourth-order valence-corrected chi connectivity index (χ4v) is 2.04. The molecular weight excluding hydrogens is 520 g/mol. The molecule has 0 aromatic rings. The number of nitrogens with zero attached hydrogens (tertiary/aromatic N) is 1. The molecule has 1 heterocycles. The Morgan fingerprint density at radius 2 is 0.969 bits per heavy atom. The summed E-state index contributed by atoms with van der Waals surface area (Å²) in [6.07, 6.45) is -21.5. The van der Waals surface area contributed by atoms with Gasteiger partial charge < -0.3 is 4.74 Å². The third-order valence-electron chi connectivity index (χ3n) is 3.60. The molecule has 1 aliphatic rings. The first-order chi connectivity index (χ1) is 13.7. The second-order valence-electron chi connectivity index (χ2n) is 5.60. The summed E-state index contributed by atoms with van der Waals surface area (Å²) in [5.41, 5.74) is 0. The minimum atomic E-state index is -7.93. The van der Waals surface area contributed by atoms with Gasteiger partial charge in [0.1, 0.15) is 0 Å². The standard InChI is InChI=1S/C11H3F18NO2/c1-31-5(16,17)3(13)2(12)4(14,15)30-10(26,27)6(18,8(20,21)22)32-7(19,9(23,24)25)11(30,28)29/h1H3/b3-2+. The number of alkyl halides is 16. The minimum absolute atomic E-state index is 0.310. The number of halogens is 18. The van der Waals surface area contributed by atoms with Crippen LogP contribution in [0.3, 0.4) is 0 Å². The highest BCUT2D eigenvalue weighted by Gasteiger charge is 2.95. The summed E-state index contributed by atoms with van der Waals surface area (Å²) in [6.45, 7) is 0. The normalized spacial score (nSPS) is 30.8. The molecule has 21 heteroatoms. The van der Waals surface area contributed by atoms with Gasteiger partial charge in [0.05, 0.1) is 0 Å². The molecule has 0 bridgehead atoms. The number of ether oxygens (including phenoxy) is 2. The van der Waals surface area contributed by atoms with Crippen LogP contribution in [0, 0.1) is 0 Å². The van der Waals surface area contributed by atoms with Gasteiger partial charge in [-0.15, -0.1) is 4.90 Å². The highest BCUT2D eigenvalue weighted by molar-refractivity contribution is 5.19. The molecule has 0 aromatic heterocycles. The maximum atomic E-state index is 13.9. The van der Waals surface area contributed by atoms with Crippen LogP contribution in [0.2, 0.25) is 0 Å². The van der Waals surface area contributed by atoms with Gasteiger partial charge in [0.15, 0.2) is 0 Å². The molecule has 190 valence electrons. The predicted octanol–water partition coefficient (Wildman–Crippen LogP) is 5.94. The Morgan fingerprint density at radius 3 is 1.22 bits per heavy atom. The van der Waals surface area contributed by atoms with Gasteiger partial charge in [0.2, 0.25) is 11.7 Å². The average Bonchev–Trinajstić information content (AvgIpc) is 2.55. The van der Waals surface area contributed by atoms with Gasteiger partial charge in [0.25, 0.3) is 0 Å². The second kappa shape index (κ2) is 7.18. The average molecular weight is 523 g/mol. The van der Waals surface area contributed by atoms with E-state index in [1.165, 1.54) is 0 Å². The van der Waals surface area contributed by atoms with Gasteiger partial charge in [-0.25, -0.2) is 4.39 Å². The second-order valence-corrected chi connectivity index (χ2v) is 5.60. The molecular formula is C11H3F18NO2. The molecule has 0 spiro atoms. The zero-order valence-electron chi connectivity index (χ0n) is 14.1. The fraction of sp³-hybridized carbons (Fsp3) is 0.818. The van der Waals surface area contributed by atoms with Crippen LogP contribution in [0.1, 0.15) is 0 Å². The van der Waals surface area contributed by atoms with Gasteiger partial charge in [-0.05, 0) is 0 Å². The summed E-state index contributed by atoms with van der Waals surface area (Å²) in [4.78, 5) is -4.36. The lowest BCUT2D eigenvalue weighted by molar-refractivity contribution is -0.594. The number of morpholine rings is 1. The molecule has 0 saturated carbocycles. The molecule has 0 amide bonds. The van der Waals surface area contributed by atoms with Crippen molar-refractivity contribution in [3.63, 3.8) is 0 Å². The summed E-state index contributed by atoms with van der Waals surface area (Å²) in [6, 6.07) is -23.6. The van der Waals surface area contributed by atoms with Gasteiger partial charge in [-0.3, -0.25) is 4.74 Å². The van der Waals surface area contributed by atoms with Crippen molar-refractivity contribution in [1.29, 1.82) is 0 Å². The monoisotopic (exact) mass is 523 g/mol. The Morgan fingerprint density at radius 1 is 0.656 bits per heavy atom. The maximum absolute atomic E-state index is 13.9. The van der Waals surface area contributed by atoms with E-state index in [1.807, 2.05) is 0 Å². The van der Waals surface area contributed by atoms with Gasteiger partial charge in [0, 0.05) is 7.11 Å². The molecule has 32 heavy (non-hydrogen) atoms. The molecule has 1 saturated heterocycles. The number of methoxy groups -OCH3 is 1. The van der Waals surface area contributed by atoms with E-state index in [9.17, 15) is 79.0 Å². The first kappa shape index (κ1) is 28.4. The lowest BCUT2D eigenvalue weighted by atomic mass is 10.0. The smallest absolute Gasteiger partial charge is 0.318 e. The van der Waals surface area contributed by atoms with Crippen molar-refractivity contribution in [3.05, 3.63) is 11.7 Å². The SMILES string of the molecule is COC(F)(F)/C(F)=C(\F)C(F)(F)N1C(F)(F)C(F)(C(F)(F)F)OC(F)(C(F)(F)F)C1(F)F. The lowest BCUT2D eigenvalue weighted by Crippen LogP contribution is -2.84. The molecule has 2 atom stereocenters. The Hall–Kier alpha value is -1.64. The van der Waals surface area contributed by atoms with E-state index in [-0.39, 0.29) is 7.11 Å². The molecule has 2 unspecified atom stereocenters. The Balaban J connectivity index is 4.11. The minimum Gasteiger partial charge on any atom is -0.318 e. The molecule has 1 aliphatic heterocycles. The topological polar surface area (TPSA) is 21.7 Å². The molecule has 0 aromatic carbocycles. The predicted molar refractivity (Wildman–Crippen MR) is 58.8 cm³/mol. The fourth-order valence-electron chi connectivity index (χ4n) is 2.04. The zero-order chi connectivity index (χ0) is 26.1. The van der Waals surface area contributed by atoms with Gasteiger partial charge in [-0.2, -0.15) is 74.6 Å². The van der Waals surface area contributed by atoms with Crippen molar-refractivity contribution in [2.75, 3.05) is 7.11 Å². The van der Waals surface area contributed by atoms with E-state index in [2.05, 4.69) is 4.74 Å². The van der Waals surface area contributed by atoms with E-state index in [0.717, 1.165) is 0 Å². The zero-order valence-corrected chi connectivity index (χ0v) is 14.1. The first-order valence-corrected chi connectivity index (χ1v) is 6.84. The maximum Gasteiger partial charge on any atom is 0.456 e. The van der Waals surface area contributed by atoms with Crippen molar-refractivity contribution in [2.24, 2.45) is 0 Å². The summed E-state index contributed by atoms with van der Waals surface area (Å²) in [7, 11) is -0.310. The Bertz CT molecular complexity index is 732. The van der Waals surface area contributed by atoms with Crippen molar-refractivity contribution >= 4 is 0 Å². The number of hydrogen-bond acceptors (Lipinski definition) is 3. The summed E-state index contributed by atoms with van der Waals surface area (Å²) in [5.74, 6) is -24.9. The lowest BCUT2D eigenvalue weighted by Gasteiger charge is -2.54. The van der Waals surface area contributed by atoms with Crippen LogP contribution in [0.5, 0.6) is 0 Å². The molecule has 1 rings (SSSR count). The highest BCUT2D eigenvalue weighted by Crippen LogP contribution is 2.65. The first-order valence-electron chi connectivity index (χ1n) is 6.84. The third-order valence-corrected chi connectivity index (χ3v) is 3.60. The van der Waals surface area contributed by atoms with E-state index in [4.69, 9.17) is 0 Å². The van der Waals surface area contributed by atoms with Crippen molar-refractivity contribution in [2.45, 2.75) is 48.3 Å². The molecule has 0 radical (unpaired) electrons. The van der Waals surface area contributed by atoms with Crippen LogP contribution in [-0.4, -0.2) is 60.3 Å². The molecule has 1 fully saturated rings. The van der Waals surface area contributed by atoms with Crippen molar-refractivity contribution < 1.29 is 88.5 Å². The van der Waals surface area contributed by atoms with Crippen LogP contribution in [0.25, 0.3) is 0 Å². The van der Waals surface area contributed by atoms with Crippen LogP contribution >= 0.6 is 0 Å². The largest absolute Gasteiger partial charge is 0.456 e. The quantitative estimate of drug-likeness (QED) is 0.337. The Labute approximate surface area is 162 Å². The number of rotatable bonds is 4. The van der Waals surface area contributed by atoms with Crippen molar-refractivity contribution in [1.82, 2.24) is 4.90 Å². The van der Waals surface area contributed by atoms with E-state index < -0.39 is 64.9 Å². The van der Waals surface area contributed by atoms with Crippen LogP contribution in [0.4, 0.5) is 79.0 Å². The van der Waals surface area contributed by atoms with E-state index in [1.54, 1.807) is 4.74 Å². The highest BCUT2D eigenvalue weighted by atomic mass is 19.4. The molecule has 3 nitrogen and oxygen atoms in total. The van der Waals surface area contributed by atoms with Gasteiger partial charge in [-0.1, -0.05) is 0 Å². The molecule has 0 N–H and O–H groups in total.